The first-order valence-electron chi connectivity index (χ1n) is 4.35. The fourth-order valence-corrected chi connectivity index (χ4v) is 2.13. The Bertz CT molecular complexity index is 676. The lowest BCUT2D eigenvalue weighted by atomic mass is 10.3. The third kappa shape index (κ3) is 2.20. The van der Waals surface area contributed by atoms with Crippen molar-refractivity contribution in [3.05, 3.63) is 29.5 Å². The van der Waals surface area contributed by atoms with Crippen LogP contribution in [0.15, 0.2) is 29.3 Å². The van der Waals surface area contributed by atoms with Gasteiger partial charge in [0.15, 0.2) is 0 Å². The van der Waals surface area contributed by atoms with E-state index in [0.29, 0.717) is 5.52 Å². The minimum Gasteiger partial charge on any atom is -0.251 e. The van der Waals surface area contributed by atoms with E-state index in [2.05, 4.69) is 9.97 Å². The molecular weight excluding hydrogens is 274 g/mol. The Morgan fingerprint density at radius 2 is 1.94 bits per heavy atom. The first kappa shape index (κ1) is 12.1. The molecule has 0 radical (unpaired) electrons. The van der Waals surface area contributed by atoms with Gasteiger partial charge in [0.25, 0.3) is 0 Å². The molecule has 90 valence electrons. The molecule has 1 heterocycles. The van der Waals surface area contributed by atoms with Gasteiger partial charge < -0.3 is 0 Å². The van der Waals surface area contributed by atoms with Crippen LogP contribution < -0.4 is 0 Å². The number of rotatable bonds is 2. The van der Waals surface area contributed by atoms with Crippen LogP contribution in [0.3, 0.4) is 0 Å². The fraction of sp³-hybridized carbons (Fsp3) is 0.111. The predicted octanol–water partition coefficient (Wildman–Crippen LogP) is 2.28. The molecule has 0 spiro atoms. The van der Waals surface area contributed by atoms with Gasteiger partial charge in [0.2, 0.25) is 9.84 Å². The molecule has 0 aliphatic carbocycles. The summed E-state index contributed by atoms with van der Waals surface area (Å²) in [6, 6.07) is 3.38. The van der Waals surface area contributed by atoms with E-state index in [0.717, 1.165) is 12.1 Å². The zero-order chi connectivity index (χ0) is 12.6. The van der Waals surface area contributed by atoms with Gasteiger partial charge in [0.05, 0.1) is 22.1 Å². The van der Waals surface area contributed by atoms with E-state index in [1.54, 1.807) is 0 Å². The second kappa shape index (κ2) is 4.15. The topological polar surface area (TPSA) is 59.9 Å². The van der Waals surface area contributed by atoms with Gasteiger partial charge in [0.1, 0.15) is 5.15 Å². The van der Waals surface area contributed by atoms with Gasteiger partial charge in [-0.2, -0.15) is 8.78 Å². The van der Waals surface area contributed by atoms with Crippen LogP contribution in [0.2, 0.25) is 5.15 Å². The van der Waals surface area contributed by atoms with Crippen LogP contribution in [0.25, 0.3) is 11.0 Å². The second-order valence-electron chi connectivity index (χ2n) is 3.15. The highest BCUT2D eigenvalue weighted by Gasteiger charge is 2.26. The molecule has 0 amide bonds. The second-order valence-corrected chi connectivity index (χ2v) is 5.45. The van der Waals surface area contributed by atoms with Crippen LogP contribution in [0.5, 0.6) is 0 Å². The molecule has 8 heteroatoms. The van der Waals surface area contributed by atoms with Crippen LogP contribution in [0, 0.1) is 0 Å². The van der Waals surface area contributed by atoms with Crippen LogP contribution >= 0.6 is 11.6 Å². The monoisotopic (exact) mass is 278 g/mol. The van der Waals surface area contributed by atoms with Crippen molar-refractivity contribution >= 4 is 32.5 Å². The smallest absolute Gasteiger partial charge is 0.251 e. The van der Waals surface area contributed by atoms with E-state index in [4.69, 9.17) is 11.6 Å². The van der Waals surface area contributed by atoms with Gasteiger partial charge in [-0.05, 0) is 18.2 Å². The van der Waals surface area contributed by atoms with Crippen molar-refractivity contribution in [3.63, 3.8) is 0 Å². The number of hydrogen-bond donors (Lipinski definition) is 0. The maximum atomic E-state index is 12.3. The Morgan fingerprint density at radius 3 is 2.59 bits per heavy atom. The molecule has 0 aliphatic rings. The standard InChI is InChI=1S/C9H5ClF2N2O2S/c10-8-4-13-6-2-1-5(3-7(6)14-8)17(15,16)9(11)12/h1-4,9H. The molecule has 1 aromatic heterocycles. The average Bonchev–Trinajstić information content (AvgIpc) is 2.27. The summed E-state index contributed by atoms with van der Waals surface area (Å²) in [4.78, 5) is 7.17. The lowest BCUT2D eigenvalue weighted by Crippen LogP contribution is -2.11. The fourth-order valence-electron chi connectivity index (χ4n) is 1.25. The number of fused-ring (bicyclic) bond motifs is 1. The van der Waals surface area contributed by atoms with E-state index >= 15 is 0 Å². The van der Waals surface area contributed by atoms with Crippen molar-refractivity contribution in [2.75, 3.05) is 0 Å². The van der Waals surface area contributed by atoms with E-state index in [9.17, 15) is 17.2 Å². The third-order valence-electron chi connectivity index (χ3n) is 2.05. The quantitative estimate of drug-likeness (QED) is 0.845. The highest BCUT2D eigenvalue weighted by atomic mass is 35.5. The number of aromatic nitrogens is 2. The summed E-state index contributed by atoms with van der Waals surface area (Å²) < 4.78 is 47.1. The number of halogens is 3. The maximum Gasteiger partial charge on any atom is 0.341 e. The largest absolute Gasteiger partial charge is 0.341 e. The molecule has 0 bridgehead atoms. The van der Waals surface area contributed by atoms with Crippen molar-refractivity contribution < 1.29 is 17.2 Å². The lowest BCUT2D eigenvalue weighted by Gasteiger charge is -2.03. The zero-order valence-corrected chi connectivity index (χ0v) is 9.71. The maximum absolute atomic E-state index is 12.3. The summed E-state index contributed by atoms with van der Waals surface area (Å²) in [6.45, 7) is 0. The Labute approximate surface area is 100 Å². The molecule has 0 unspecified atom stereocenters. The predicted molar refractivity (Wildman–Crippen MR) is 57.7 cm³/mol. The average molecular weight is 279 g/mol. The summed E-state index contributed by atoms with van der Waals surface area (Å²) in [5.41, 5.74) is 0.529. The molecule has 0 fully saturated rings. The molecule has 17 heavy (non-hydrogen) atoms. The Kier molecular flexibility index (Phi) is 2.96. The molecule has 0 aliphatic heterocycles. The highest BCUT2D eigenvalue weighted by molar-refractivity contribution is 7.91. The summed E-state index contributed by atoms with van der Waals surface area (Å²) in [5.74, 6) is -3.47. The van der Waals surface area contributed by atoms with E-state index < -0.39 is 20.5 Å². The van der Waals surface area contributed by atoms with Gasteiger partial charge in [0, 0.05) is 0 Å². The van der Waals surface area contributed by atoms with Gasteiger partial charge >= 0.3 is 5.76 Å². The van der Waals surface area contributed by atoms with Gasteiger partial charge in [-0.1, -0.05) is 11.6 Å². The normalized spacial score (nSPS) is 12.2. The summed E-state index contributed by atoms with van der Waals surface area (Å²) in [6.07, 6.45) is 1.28. The summed E-state index contributed by atoms with van der Waals surface area (Å²) in [7, 11) is -4.63. The molecule has 2 rings (SSSR count). The number of nitrogens with zero attached hydrogens (tertiary/aromatic N) is 2. The van der Waals surface area contributed by atoms with Crippen molar-refractivity contribution in [1.82, 2.24) is 9.97 Å². The van der Waals surface area contributed by atoms with E-state index in [1.165, 1.54) is 12.3 Å². The van der Waals surface area contributed by atoms with Gasteiger partial charge in [-0.25, -0.2) is 13.4 Å². The number of sulfone groups is 1. The molecule has 1 aromatic carbocycles. The van der Waals surface area contributed by atoms with Crippen LogP contribution in [0.4, 0.5) is 8.78 Å². The molecule has 0 saturated heterocycles. The molecule has 2 aromatic rings. The third-order valence-corrected chi connectivity index (χ3v) is 3.61. The SMILES string of the molecule is O=S(=O)(c1ccc2ncc(Cl)nc2c1)C(F)F. The Hall–Kier alpha value is -1.34. The molecule has 0 saturated carbocycles. The number of alkyl halides is 2. The number of hydrogen-bond acceptors (Lipinski definition) is 4. The molecule has 0 atom stereocenters. The van der Waals surface area contributed by atoms with Crippen LogP contribution in [-0.4, -0.2) is 24.1 Å². The summed E-state index contributed by atoms with van der Waals surface area (Å²) in [5, 5.41) is 0.0593. The first-order valence-corrected chi connectivity index (χ1v) is 6.28. The van der Waals surface area contributed by atoms with Gasteiger partial charge in [-0.3, -0.25) is 4.98 Å². The van der Waals surface area contributed by atoms with E-state index in [1.807, 2.05) is 0 Å². The first-order chi connectivity index (χ1) is 7.91. The van der Waals surface area contributed by atoms with Crippen molar-refractivity contribution in [2.24, 2.45) is 0 Å². The van der Waals surface area contributed by atoms with Crippen LogP contribution in [-0.2, 0) is 9.84 Å². The Morgan fingerprint density at radius 1 is 1.24 bits per heavy atom. The van der Waals surface area contributed by atoms with Gasteiger partial charge in [-0.15, -0.1) is 0 Å². The highest BCUT2D eigenvalue weighted by Crippen LogP contribution is 2.22. The molecule has 4 nitrogen and oxygen atoms in total. The lowest BCUT2D eigenvalue weighted by molar-refractivity contribution is 0.235. The van der Waals surface area contributed by atoms with Crippen LogP contribution in [0.1, 0.15) is 0 Å². The Balaban J connectivity index is 2.66. The van der Waals surface area contributed by atoms with Crippen molar-refractivity contribution in [2.45, 2.75) is 10.7 Å². The molecular formula is C9H5ClF2N2O2S. The minimum atomic E-state index is -4.63. The zero-order valence-electron chi connectivity index (χ0n) is 8.14. The van der Waals surface area contributed by atoms with Crippen molar-refractivity contribution in [1.29, 1.82) is 0 Å². The van der Waals surface area contributed by atoms with E-state index in [-0.39, 0.29) is 10.7 Å². The number of benzene rings is 1. The minimum absolute atomic E-state index is 0.0593. The van der Waals surface area contributed by atoms with Crippen molar-refractivity contribution in [3.8, 4) is 0 Å². The molecule has 0 N–H and O–H groups in total. The summed E-state index contributed by atoms with van der Waals surface area (Å²) >= 11 is 5.58.